The van der Waals surface area contributed by atoms with E-state index in [1.54, 1.807) is 5.57 Å². The molecule has 0 amide bonds. The second kappa shape index (κ2) is 9.58. The van der Waals surface area contributed by atoms with E-state index in [1.165, 1.54) is 89.1 Å². The molecule has 232 valence electrons. The van der Waals surface area contributed by atoms with E-state index in [1.807, 2.05) is 0 Å². The van der Waals surface area contributed by atoms with Crippen molar-refractivity contribution in [2.45, 2.75) is 124 Å². The number of methoxy groups -OCH3 is 1. The summed E-state index contributed by atoms with van der Waals surface area (Å²) in [5, 5.41) is 0. The van der Waals surface area contributed by atoms with Crippen LogP contribution in [-0.2, 0) is 9.53 Å². The number of carbonyl (C=O) groups excluding carboxylic acids is 1. The van der Waals surface area contributed by atoms with Crippen LogP contribution in [-0.4, -0.2) is 36.6 Å². The highest BCUT2D eigenvalue weighted by atomic mass is 16.5. The molecule has 3 heteroatoms. The minimum atomic E-state index is -0.0353. The summed E-state index contributed by atoms with van der Waals surface area (Å²) in [5.41, 5.74) is 6.44. The van der Waals surface area contributed by atoms with Crippen LogP contribution < -0.4 is 0 Å². The van der Waals surface area contributed by atoms with Crippen molar-refractivity contribution >= 4 is 5.97 Å². The van der Waals surface area contributed by atoms with Crippen LogP contribution >= 0.6 is 0 Å². The zero-order chi connectivity index (χ0) is 29.9. The van der Waals surface area contributed by atoms with Crippen molar-refractivity contribution in [1.29, 1.82) is 0 Å². The molecule has 4 saturated carbocycles. The summed E-state index contributed by atoms with van der Waals surface area (Å²) >= 11 is 0. The molecule has 1 aliphatic heterocycles. The van der Waals surface area contributed by atoms with Gasteiger partial charge in [0.25, 0.3) is 0 Å². The fourth-order valence-corrected chi connectivity index (χ4v) is 13.8. The lowest BCUT2D eigenvalue weighted by Crippen LogP contribution is -2.67. The van der Waals surface area contributed by atoms with Crippen molar-refractivity contribution in [1.82, 2.24) is 4.90 Å². The number of hydrogen-bond donors (Lipinski definition) is 0. The highest BCUT2D eigenvalue weighted by Gasteiger charge is 2.71. The Bertz CT molecular complexity index is 1220. The van der Waals surface area contributed by atoms with Crippen LogP contribution in [0, 0.1) is 57.2 Å². The van der Waals surface area contributed by atoms with Crippen molar-refractivity contribution in [2.75, 3.05) is 20.2 Å². The molecule has 0 bridgehead atoms. The number of ether oxygens (including phenoxy) is 1. The topological polar surface area (TPSA) is 29.3 Å². The second-order valence-electron chi connectivity index (χ2n) is 17.5. The van der Waals surface area contributed by atoms with Crippen molar-refractivity contribution in [3.8, 4) is 0 Å². The third-order valence-electron chi connectivity index (χ3n) is 16.0. The number of esters is 1. The van der Waals surface area contributed by atoms with Crippen LogP contribution in [0.4, 0.5) is 0 Å². The molecule has 6 aliphatic carbocycles. The molecule has 5 fully saturated rings. The molecule has 0 unspecified atom stereocenters. The van der Waals surface area contributed by atoms with E-state index in [0.717, 1.165) is 48.9 Å². The minimum Gasteiger partial charge on any atom is -0.469 e. The van der Waals surface area contributed by atoms with Crippen molar-refractivity contribution < 1.29 is 9.53 Å². The van der Waals surface area contributed by atoms with E-state index in [9.17, 15) is 4.79 Å². The number of hydrogen-bond acceptors (Lipinski definition) is 3. The van der Waals surface area contributed by atoms with Crippen LogP contribution in [0.15, 0.2) is 35.5 Å². The van der Waals surface area contributed by atoms with Gasteiger partial charge in [-0.05, 0) is 146 Å². The monoisotopic (exact) mass is 573 g/mol. The first-order valence-electron chi connectivity index (χ1n) is 17.7. The molecule has 10 atom stereocenters. The molecule has 1 saturated heterocycles. The Labute approximate surface area is 257 Å². The molecule has 1 heterocycles. The van der Waals surface area contributed by atoms with Gasteiger partial charge in [-0.2, -0.15) is 0 Å². The van der Waals surface area contributed by atoms with E-state index in [-0.39, 0.29) is 17.3 Å². The molecule has 42 heavy (non-hydrogen) atoms. The summed E-state index contributed by atoms with van der Waals surface area (Å²) in [7, 11) is 1.53. The third kappa shape index (κ3) is 3.76. The second-order valence-corrected chi connectivity index (χ2v) is 17.5. The van der Waals surface area contributed by atoms with E-state index in [4.69, 9.17) is 4.74 Å². The van der Waals surface area contributed by atoms with Gasteiger partial charge in [-0.1, -0.05) is 58.9 Å². The van der Waals surface area contributed by atoms with Gasteiger partial charge in [-0.3, -0.25) is 9.69 Å². The molecule has 0 radical (unpaired) electrons. The van der Waals surface area contributed by atoms with Gasteiger partial charge in [0.2, 0.25) is 0 Å². The zero-order valence-electron chi connectivity index (χ0n) is 28.0. The highest BCUT2D eigenvalue weighted by Crippen LogP contribution is 2.77. The molecule has 7 rings (SSSR count). The Morgan fingerprint density at radius 3 is 2.31 bits per heavy atom. The van der Waals surface area contributed by atoms with E-state index in [2.05, 4.69) is 65.2 Å². The molecule has 0 aromatic rings. The standard InChI is InChI=1S/C39H59NO2/c1-25(2)28-15-20-39(40-23-24-40)22-21-37(6)30(33(28)39)13-14-32-36(5)18-16-29(26-9-11-27(12-10-26)34(41)42-8)35(3,4)31(36)17-19-38(32,37)7/h9,16,27-28,30-33H,1,10-15,17-24H2,2-8H3/t27-,28-,30+,31-,32+,33+,36-,37+,38+,39-/m0/s1. The van der Waals surface area contributed by atoms with Gasteiger partial charge in [0.05, 0.1) is 13.0 Å². The first-order chi connectivity index (χ1) is 19.8. The molecule has 0 aromatic carbocycles. The van der Waals surface area contributed by atoms with Crippen molar-refractivity contribution in [3.05, 3.63) is 35.5 Å². The fourth-order valence-electron chi connectivity index (χ4n) is 13.8. The predicted molar refractivity (Wildman–Crippen MR) is 172 cm³/mol. The number of fused-ring (bicyclic) bond motifs is 7. The largest absolute Gasteiger partial charge is 0.469 e. The first kappa shape index (κ1) is 29.4. The summed E-state index contributed by atoms with van der Waals surface area (Å²) in [6.07, 6.45) is 20.3. The molecule has 0 spiro atoms. The maximum Gasteiger partial charge on any atom is 0.308 e. The predicted octanol–water partition coefficient (Wildman–Crippen LogP) is 9.15. The summed E-state index contributed by atoms with van der Waals surface area (Å²) in [6.45, 7) is 23.0. The van der Waals surface area contributed by atoms with Gasteiger partial charge >= 0.3 is 5.97 Å². The lowest BCUT2D eigenvalue weighted by molar-refractivity contribution is -0.224. The van der Waals surface area contributed by atoms with Crippen LogP contribution in [0.25, 0.3) is 0 Å². The van der Waals surface area contributed by atoms with E-state index in [0.29, 0.717) is 21.8 Å². The third-order valence-corrected chi connectivity index (χ3v) is 16.0. The highest BCUT2D eigenvalue weighted by molar-refractivity contribution is 5.73. The van der Waals surface area contributed by atoms with Gasteiger partial charge in [-0.15, -0.1) is 0 Å². The summed E-state index contributed by atoms with van der Waals surface area (Å²) in [6, 6.07) is 0. The Balaban J connectivity index is 1.20. The van der Waals surface area contributed by atoms with E-state index >= 15 is 0 Å². The zero-order valence-corrected chi connectivity index (χ0v) is 28.0. The van der Waals surface area contributed by atoms with Gasteiger partial charge in [0.15, 0.2) is 0 Å². The Kier molecular flexibility index (Phi) is 6.69. The molecule has 3 nitrogen and oxygen atoms in total. The van der Waals surface area contributed by atoms with Gasteiger partial charge < -0.3 is 4.74 Å². The lowest BCUT2D eigenvalue weighted by Gasteiger charge is -2.72. The minimum absolute atomic E-state index is 0.0353. The summed E-state index contributed by atoms with van der Waals surface area (Å²) in [5.74, 6) is 3.91. The summed E-state index contributed by atoms with van der Waals surface area (Å²) in [4.78, 5) is 15.1. The molecule has 7 aliphatic rings. The first-order valence-corrected chi connectivity index (χ1v) is 17.7. The van der Waals surface area contributed by atoms with Crippen LogP contribution in [0.3, 0.4) is 0 Å². The van der Waals surface area contributed by atoms with Gasteiger partial charge in [0, 0.05) is 18.6 Å². The number of nitrogens with zero attached hydrogens (tertiary/aromatic N) is 1. The maximum atomic E-state index is 12.2. The van der Waals surface area contributed by atoms with Crippen molar-refractivity contribution in [2.24, 2.45) is 57.2 Å². The molecule has 0 aromatic heterocycles. The quantitative estimate of drug-likeness (QED) is 0.191. The van der Waals surface area contributed by atoms with Gasteiger partial charge in [0.1, 0.15) is 0 Å². The van der Waals surface area contributed by atoms with Crippen molar-refractivity contribution in [3.63, 3.8) is 0 Å². The van der Waals surface area contributed by atoms with Gasteiger partial charge in [-0.25, -0.2) is 0 Å². The van der Waals surface area contributed by atoms with Crippen LogP contribution in [0.1, 0.15) is 119 Å². The molecular weight excluding hydrogens is 514 g/mol. The Morgan fingerprint density at radius 1 is 0.905 bits per heavy atom. The SMILES string of the molecule is C=C(C)[C@@H]1CC[C@]2(N3CC3)CC[C@]3(C)[C@H](CC[C@@H]4[C@@]5(C)CC=C(C6=CC[C@H](C(=O)OC)CC6)C(C)(C)[C@@H]5CC[C@]43C)[C@@H]12. The lowest BCUT2D eigenvalue weighted by atomic mass is 9.33. The molecular formula is C39H59NO2. The molecule has 0 N–H and O–H groups in total. The van der Waals surface area contributed by atoms with E-state index < -0.39 is 0 Å². The smallest absolute Gasteiger partial charge is 0.308 e. The summed E-state index contributed by atoms with van der Waals surface area (Å²) < 4.78 is 5.07. The average Bonchev–Trinajstić information content (AvgIpc) is 3.73. The average molecular weight is 574 g/mol. The van der Waals surface area contributed by atoms with Crippen LogP contribution in [0.5, 0.6) is 0 Å². The normalized spacial score (nSPS) is 49.4. The fraction of sp³-hybridized carbons (Fsp3) is 0.821. The Hall–Kier alpha value is -1.35. The number of allylic oxidation sites excluding steroid dienone is 5. The Morgan fingerprint density at radius 2 is 1.67 bits per heavy atom. The number of rotatable bonds is 4. The maximum absolute atomic E-state index is 12.2. The number of carbonyl (C=O) groups is 1. The van der Waals surface area contributed by atoms with Crippen LogP contribution in [0.2, 0.25) is 0 Å².